The summed E-state index contributed by atoms with van der Waals surface area (Å²) in [6.45, 7) is 2.48. The Bertz CT molecular complexity index is 1380. The standard InChI is InChI=1S/C24H25N7O4/c1-2-3-6-15-31-24(34)18-8-5-4-7-17(18)21(29-31)23(33)28-27-19(32)9-10-20-26-22(30-35-20)16-11-13-25-14-12-16/h4-5,7-8,11-14H,2-3,6,9-10,15H2,1H3,(H,27,32)(H,28,33). The second-order valence-electron chi connectivity index (χ2n) is 7.88. The van der Waals surface area contributed by atoms with Crippen molar-refractivity contribution in [3.63, 3.8) is 0 Å². The number of aromatic nitrogens is 5. The molecule has 0 atom stereocenters. The number of hydrogen-bond acceptors (Lipinski definition) is 8. The summed E-state index contributed by atoms with van der Waals surface area (Å²) in [6.07, 6.45) is 6.18. The summed E-state index contributed by atoms with van der Waals surface area (Å²) in [5.41, 5.74) is 5.33. The molecule has 0 bridgehead atoms. The Balaban J connectivity index is 1.38. The van der Waals surface area contributed by atoms with Crippen LogP contribution in [-0.4, -0.2) is 36.7 Å². The van der Waals surface area contributed by atoms with Crippen LogP contribution in [-0.2, 0) is 17.8 Å². The van der Waals surface area contributed by atoms with Crippen molar-refractivity contribution in [2.75, 3.05) is 0 Å². The van der Waals surface area contributed by atoms with Crippen LogP contribution in [0.2, 0.25) is 0 Å². The highest BCUT2D eigenvalue weighted by molar-refractivity contribution is 6.05. The number of hydrazine groups is 1. The van der Waals surface area contributed by atoms with Crippen molar-refractivity contribution >= 4 is 22.6 Å². The Morgan fingerprint density at radius 3 is 2.57 bits per heavy atom. The molecule has 0 aliphatic carbocycles. The van der Waals surface area contributed by atoms with E-state index >= 15 is 0 Å². The highest BCUT2D eigenvalue weighted by Crippen LogP contribution is 2.15. The first-order valence-corrected chi connectivity index (χ1v) is 11.4. The zero-order valence-electron chi connectivity index (χ0n) is 19.2. The van der Waals surface area contributed by atoms with Crippen molar-refractivity contribution in [2.24, 2.45) is 0 Å². The fourth-order valence-electron chi connectivity index (χ4n) is 3.51. The molecule has 0 aliphatic rings. The Hall–Kier alpha value is -4.41. The lowest BCUT2D eigenvalue weighted by atomic mass is 10.1. The predicted octanol–water partition coefficient (Wildman–Crippen LogP) is 2.43. The fourth-order valence-corrected chi connectivity index (χ4v) is 3.51. The van der Waals surface area contributed by atoms with E-state index < -0.39 is 11.8 Å². The number of amides is 2. The molecule has 2 N–H and O–H groups in total. The fraction of sp³-hybridized carbons (Fsp3) is 0.292. The molecule has 0 fully saturated rings. The molecule has 0 spiro atoms. The number of nitrogens with one attached hydrogen (secondary N) is 2. The van der Waals surface area contributed by atoms with E-state index in [1.807, 2.05) is 0 Å². The van der Waals surface area contributed by atoms with Crippen molar-refractivity contribution in [1.29, 1.82) is 0 Å². The molecule has 0 unspecified atom stereocenters. The van der Waals surface area contributed by atoms with Crippen LogP contribution in [0.1, 0.15) is 49.0 Å². The van der Waals surface area contributed by atoms with Gasteiger partial charge in [-0.1, -0.05) is 43.1 Å². The van der Waals surface area contributed by atoms with Gasteiger partial charge in [0.05, 0.1) is 5.39 Å². The predicted molar refractivity (Wildman–Crippen MR) is 127 cm³/mol. The number of unbranched alkanes of at least 4 members (excludes halogenated alkanes) is 2. The lowest BCUT2D eigenvalue weighted by Gasteiger charge is -2.11. The maximum atomic E-state index is 12.8. The first kappa shape index (κ1) is 23.7. The number of pyridine rings is 1. The highest BCUT2D eigenvalue weighted by Gasteiger charge is 2.17. The number of aryl methyl sites for hydroxylation is 2. The molecule has 11 nitrogen and oxygen atoms in total. The molecule has 180 valence electrons. The van der Waals surface area contributed by atoms with Gasteiger partial charge in [-0.05, 0) is 24.6 Å². The summed E-state index contributed by atoms with van der Waals surface area (Å²) in [6, 6.07) is 10.3. The Morgan fingerprint density at radius 1 is 1.03 bits per heavy atom. The van der Waals surface area contributed by atoms with Crippen LogP contribution in [0.4, 0.5) is 0 Å². The zero-order chi connectivity index (χ0) is 24.6. The summed E-state index contributed by atoms with van der Waals surface area (Å²) in [5.74, 6) is -0.354. The Kier molecular flexibility index (Phi) is 7.56. The van der Waals surface area contributed by atoms with Gasteiger partial charge in [-0.15, -0.1) is 0 Å². The topological polar surface area (TPSA) is 145 Å². The van der Waals surface area contributed by atoms with E-state index in [4.69, 9.17) is 4.52 Å². The van der Waals surface area contributed by atoms with Crippen LogP contribution < -0.4 is 16.4 Å². The summed E-state index contributed by atoms with van der Waals surface area (Å²) in [7, 11) is 0. The minimum atomic E-state index is -0.614. The van der Waals surface area contributed by atoms with Gasteiger partial charge in [0.25, 0.3) is 11.5 Å². The smallest absolute Gasteiger partial charge is 0.290 e. The lowest BCUT2D eigenvalue weighted by molar-refractivity contribution is -0.121. The number of carbonyl (C=O) groups is 2. The third-order valence-corrected chi connectivity index (χ3v) is 5.34. The maximum absolute atomic E-state index is 12.8. The lowest BCUT2D eigenvalue weighted by Crippen LogP contribution is -2.43. The molecule has 35 heavy (non-hydrogen) atoms. The van der Waals surface area contributed by atoms with Gasteiger partial charge in [0.15, 0.2) is 5.69 Å². The zero-order valence-corrected chi connectivity index (χ0v) is 19.2. The molecular formula is C24H25N7O4. The molecule has 2 amide bonds. The molecule has 0 saturated heterocycles. The monoisotopic (exact) mass is 475 g/mol. The minimum Gasteiger partial charge on any atom is -0.339 e. The molecule has 0 radical (unpaired) electrons. The normalized spacial score (nSPS) is 10.9. The maximum Gasteiger partial charge on any atom is 0.290 e. The number of benzene rings is 1. The average molecular weight is 476 g/mol. The average Bonchev–Trinajstić information content (AvgIpc) is 3.37. The van der Waals surface area contributed by atoms with E-state index in [9.17, 15) is 14.4 Å². The van der Waals surface area contributed by atoms with Crippen molar-refractivity contribution in [3.8, 4) is 11.4 Å². The highest BCUT2D eigenvalue weighted by atomic mass is 16.5. The van der Waals surface area contributed by atoms with Crippen LogP contribution in [0.5, 0.6) is 0 Å². The van der Waals surface area contributed by atoms with Gasteiger partial charge in [0.2, 0.25) is 17.6 Å². The largest absolute Gasteiger partial charge is 0.339 e. The number of hydrogen-bond donors (Lipinski definition) is 2. The van der Waals surface area contributed by atoms with E-state index in [1.165, 1.54) is 4.68 Å². The first-order chi connectivity index (χ1) is 17.1. The summed E-state index contributed by atoms with van der Waals surface area (Å²) in [5, 5.41) is 9.00. The molecule has 11 heteroatoms. The molecule has 4 aromatic rings. The second kappa shape index (κ2) is 11.1. The van der Waals surface area contributed by atoms with Gasteiger partial charge in [-0.3, -0.25) is 30.2 Å². The van der Waals surface area contributed by atoms with E-state index in [2.05, 4.69) is 38.0 Å². The Morgan fingerprint density at radius 2 is 1.80 bits per heavy atom. The van der Waals surface area contributed by atoms with E-state index in [-0.39, 0.29) is 24.1 Å². The van der Waals surface area contributed by atoms with Gasteiger partial charge in [0, 0.05) is 42.7 Å². The van der Waals surface area contributed by atoms with Crippen molar-refractivity contribution in [2.45, 2.75) is 45.6 Å². The van der Waals surface area contributed by atoms with Gasteiger partial charge in [-0.25, -0.2) is 4.68 Å². The summed E-state index contributed by atoms with van der Waals surface area (Å²) < 4.78 is 6.50. The minimum absolute atomic E-state index is 0.0168. The van der Waals surface area contributed by atoms with Crippen molar-refractivity contribution in [1.82, 2.24) is 35.8 Å². The van der Waals surface area contributed by atoms with Crippen LogP contribution in [0.25, 0.3) is 22.2 Å². The third-order valence-electron chi connectivity index (χ3n) is 5.34. The SMILES string of the molecule is CCCCCn1nc(C(=O)NNC(=O)CCc2nc(-c3ccncc3)no2)c2ccccc2c1=O. The van der Waals surface area contributed by atoms with Crippen molar-refractivity contribution in [3.05, 3.63) is 70.7 Å². The van der Waals surface area contributed by atoms with Gasteiger partial charge in [-0.2, -0.15) is 10.1 Å². The number of rotatable bonds is 9. The van der Waals surface area contributed by atoms with E-state index in [1.54, 1.807) is 48.8 Å². The molecule has 1 aromatic carbocycles. The van der Waals surface area contributed by atoms with E-state index in [0.29, 0.717) is 29.0 Å². The number of carbonyl (C=O) groups excluding carboxylic acids is 2. The third kappa shape index (κ3) is 5.75. The van der Waals surface area contributed by atoms with Crippen LogP contribution in [0, 0.1) is 0 Å². The quantitative estimate of drug-likeness (QED) is 0.277. The van der Waals surface area contributed by atoms with Crippen molar-refractivity contribution < 1.29 is 14.1 Å². The first-order valence-electron chi connectivity index (χ1n) is 11.4. The molecule has 3 heterocycles. The van der Waals surface area contributed by atoms with Crippen LogP contribution >= 0.6 is 0 Å². The van der Waals surface area contributed by atoms with Gasteiger partial charge in [0.1, 0.15) is 0 Å². The molecule has 0 aliphatic heterocycles. The molecule has 3 aromatic heterocycles. The van der Waals surface area contributed by atoms with E-state index in [0.717, 1.165) is 24.8 Å². The molecule has 0 saturated carbocycles. The molecule has 4 rings (SSSR count). The van der Waals surface area contributed by atoms with Gasteiger partial charge < -0.3 is 4.52 Å². The number of nitrogens with zero attached hydrogens (tertiary/aromatic N) is 5. The van der Waals surface area contributed by atoms with Crippen LogP contribution in [0.15, 0.2) is 58.1 Å². The molecular weight excluding hydrogens is 450 g/mol. The second-order valence-corrected chi connectivity index (χ2v) is 7.88. The summed E-state index contributed by atoms with van der Waals surface area (Å²) >= 11 is 0. The van der Waals surface area contributed by atoms with Gasteiger partial charge >= 0.3 is 0 Å². The Labute approximate surface area is 200 Å². The van der Waals surface area contributed by atoms with Crippen LogP contribution in [0.3, 0.4) is 0 Å². The number of fused-ring (bicyclic) bond motifs is 1. The summed E-state index contributed by atoms with van der Waals surface area (Å²) in [4.78, 5) is 46.1.